The number of pyridine rings is 1. The van der Waals surface area contributed by atoms with E-state index in [0.717, 1.165) is 5.82 Å². The van der Waals surface area contributed by atoms with Gasteiger partial charge in [0.2, 0.25) is 0 Å². The average molecular weight is 201 g/mol. The minimum Gasteiger partial charge on any atom is -0.368 e. The summed E-state index contributed by atoms with van der Waals surface area (Å²) in [5.41, 5.74) is 0. The molecule has 0 bridgehead atoms. The van der Waals surface area contributed by atoms with Gasteiger partial charge in [0.05, 0.1) is 9.53 Å². The largest absolute Gasteiger partial charge is 0.368 e. The fourth-order valence-corrected chi connectivity index (χ4v) is 1.34. The highest BCUT2D eigenvalue weighted by atomic mass is 35.5. The lowest BCUT2D eigenvalue weighted by Gasteiger charge is -2.05. The molecular formula is C8H9ClN2S. The van der Waals surface area contributed by atoms with Gasteiger partial charge in [-0.1, -0.05) is 23.8 Å². The van der Waals surface area contributed by atoms with E-state index in [2.05, 4.69) is 10.3 Å². The van der Waals surface area contributed by atoms with Gasteiger partial charge in [-0.2, -0.15) is 0 Å². The third-order valence-electron chi connectivity index (χ3n) is 1.82. The van der Waals surface area contributed by atoms with Gasteiger partial charge in [0.25, 0.3) is 0 Å². The Bertz CT molecular complexity index is 343. The summed E-state index contributed by atoms with van der Waals surface area (Å²) in [5.74, 6) is 0.853. The fraction of sp³-hybridized carbons (Fsp3) is 0.375. The van der Waals surface area contributed by atoms with Crippen molar-refractivity contribution < 1.29 is 0 Å². The second-order valence-corrected chi connectivity index (χ2v) is 3.77. The highest BCUT2D eigenvalue weighted by Gasteiger charge is 2.21. The Kier molecular flexibility index (Phi) is 2.07. The molecule has 0 saturated heterocycles. The van der Waals surface area contributed by atoms with Crippen LogP contribution in [0.5, 0.6) is 0 Å². The van der Waals surface area contributed by atoms with Gasteiger partial charge in [-0.15, -0.1) is 0 Å². The molecule has 1 fully saturated rings. The van der Waals surface area contributed by atoms with Crippen molar-refractivity contribution in [3.63, 3.8) is 0 Å². The fourth-order valence-electron chi connectivity index (χ4n) is 0.997. The Labute approximate surface area is 81.0 Å². The lowest BCUT2D eigenvalue weighted by atomic mass is 10.4. The molecule has 2 rings (SSSR count). The molecule has 1 aliphatic carbocycles. The summed E-state index contributed by atoms with van der Waals surface area (Å²) >= 11 is 11.0. The molecule has 2 N–H and O–H groups in total. The van der Waals surface area contributed by atoms with Crippen LogP contribution in [0.25, 0.3) is 0 Å². The second kappa shape index (κ2) is 3.07. The summed E-state index contributed by atoms with van der Waals surface area (Å²) in [4.78, 5) is 3.04. The Morgan fingerprint density at radius 3 is 3.00 bits per heavy atom. The van der Waals surface area contributed by atoms with E-state index in [0.29, 0.717) is 15.6 Å². The molecule has 1 heterocycles. The lowest BCUT2D eigenvalue weighted by molar-refractivity contribution is 1.11. The van der Waals surface area contributed by atoms with Gasteiger partial charge in [-0.3, -0.25) is 0 Å². The number of aromatic nitrogens is 1. The summed E-state index contributed by atoms with van der Waals surface area (Å²) in [5, 5.41) is 3.90. The molecule has 0 spiro atoms. The average Bonchev–Trinajstić information content (AvgIpc) is 2.83. The van der Waals surface area contributed by atoms with Crippen molar-refractivity contribution in [3.05, 3.63) is 21.8 Å². The maximum Gasteiger partial charge on any atom is 0.124 e. The van der Waals surface area contributed by atoms with E-state index in [9.17, 15) is 0 Å². The van der Waals surface area contributed by atoms with Gasteiger partial charge >= 0.3 is 0 Å². The maximum absolute atomic E-state index is 5.97. The molecule has 0 radical (unpaired) electrons. The molecule has 0 aliphatic heterocycles. The maximum atomic E-state index is 5.97. The van der Waals surface area contributed by atoms with E-state index in [1.54, 1.807) is 12.3 Å². The van der Waals surface area contributed by atoms with Gasteiger partial charge in [0.15, 0.2) is 0 Å². The predicted molar refractivity (Wildman–Crippen MR) is 53.3 cm³/mol. The van der Waals surface area contributed by atoms with Crippen LogP contribution in [0.15, 0.2) is 12.3 Å². The van der Waals surface area contributed by atoms with Crippen LogP contribution < -0.4 is 5.32 Å². The van der Waals surface area contributed by atoms with Crippen LogP contribution in [0.4, 0.5) is 5.82 Å². The van der Waals surface area contributed by atoms with Gasteiger partial charge in [0, 0.05) is 12.2 Å². The summed E-state index contributed by atoms with van der Waals surface area (Å²) in [7, 11) is 0. The smallest absolute Gasteiger partial charge is 0.124 e. The molecule has 1 aromatic heterocycles. The van der Waals surface area contributed by atoms with Gasteiger partial charge in [0.1, 0.15) is 5.82 Å². The van der Waals surface area contributed by atoms with E-state index in [1.807, 2.05) is 0 Å². The first-order valence-electron chi connectivity index (χ1n) is 3.91. The zero-order valence-corrected chi connectivity index (χ0v) is 8.00. The Morgan fingerprint density at radius 1 is 1.58 bits per heavy atom. The standard InChI is InChI=1S/C8H9ClN2S/c9-7-6(12)3-4-10-8(7)11-5-1-2-5/h3-5H,1-2H2,(H2,10,11,12). The highest BCUT2D eigenvalue weighted by molar-refractivity contribution is 7.71. The molecule has 0 unspecified atom stereocenters. The van der Waals surface area contributed by atoms with Gasteiger partial charge < -0.3 is 10.3 Å². The molecule has 0 amide bonds. The van der Waals surface area contributed by atoms with Crippen molar-refractivity contribution in [3.8, 4) is 0 Å². The number of hydrogen-bond donors (Lipinski definition) is 2. The molecule has 2 nitrogen and oxygen atoms in total. The van der Waals surface area contributed by atoms with Crippen LogP contribution in [-0.2, 0) is 0 Å². The first-order chi connectivity index (χ1) is 5.77. The molecule has 12 heavy (non-hydrogen) atoms. The van der Waals surface area contributed by atoms with Crippen LogP contribution in [0.1, 0.15) is 12.8 Å². The predicted octanol–water partition coefficient (Wildman–Crippen LogP) is 2.97. The first-order valence-corrected chi connectivity index (χ1v) is 4.70. The van der Waals surface area contributed by atoms with Crippen LogP contribution in [0, 0.1) is 4.51 Å². The topological polar surface area (TPSA) is 27.8 Å². The Morgan fingerprint density at radius 2 is 2.33 bits per heavy atom. The van der Waals surface area contributed by atoms with Crippen LogP contribution in [-0.4, -0.2) is 11.0 Å². The van der Waals surface area contributed by atoms with E-state index >= 15 is 0 Å². The summed E-state index contributed by atoms with van der Waals surface area (Å²) in [6.07, 6.45) is 4.26. The van der Waals surface area contributed by atoms with Crippen molar-refractivity contribution in [2.24, 2.45) is 0 Å². The normalized spacial score (nSPS) is 16.1. The van der Waals surface area contributed by atoms with Crippen molar-refractivity contribution in [1.82, 2.24) is 4.98 Å². The molecular weight excluding hydrogens is 192 g/mol. The zero-order valence-electron chi connectivity index (χ0n) is 6.43. The first kappa shape index (κ1) is 8.08. The molecule has 0 atom stereocenters. The monoisotopic (exact) mass is 200 g/mol. The Balaban J connectivity index is 2.29. The third-order valence-corrected chi connectivity index (χ3v) is 2.67. The number of aromatic amines is 1. The number of rotatable bonds is 2. The minimum atomic E-state index is 0.593. The third kappa shape index (κ3) is 1.62. The molecule has 64 valence electrons. The number of halogens is 1. The minimum absolute atomic E-state index is 0.593. The van der Waals surface area contributed by atoms with Gasteiger partial charge in [-0.05, 0) is 18.9 Å². The van der Waals surface area contributed by atoms with Crippen LogP contribution in [0.2, 0.25) is 5.02 Å². The van der Waals surface area contributed by atoms with Crippen molar-refractivity contribution in [1.29, 1.82) is 0 Å². The SMILES string of the molecule is S=c1cc[nH]c(NC2CC2)c1Cl. The number of anilines is 1. The quantitative estimate of drug-likeness (QED) is 0.719. The highest BCUT2D eigenvalue weighted by Crippen LogP contribution is 2.27. The van der Waals surface area contributed by atoms with Crippen molar-refractivity contribution in [2.75, 3.05) is 5.32 Å². The van der Waals surface area contributed by atoms with Crippen molar-refractivity contribution in [2.45, 2.75) is 18.9 Å². The van der Waals surface area contributed by atoms with E-state index in [1.165, 1.54) is 12.8 Å². The zero-order chi connectivity index (χ0) is 8.55. The van der Waals surface area contributed by atoms with E-state index in [-0.39, 0.29) is 0 Å². The summed E-state index contributed by atoms with van der Waals surface area (Å²) < 4.78 is 0.693. The summed E-state index contributed by atoms with van der Waals surface area (Å²) in [6.45, 7) is 0. The molecule has 1 aliphatic rings. The molecule has 1 saturated carbocycles. The second-order valence-electron chi connectivity index (χ2n) is 2.95. The molecule has 4 heteroatoms. The van der Waals surface area contributed by atoms with Gasteiger partial charge in [-0.25, -0.2) is 0 Å². The molecule has 1 aromatic rings. The summed E-state index contributed by atoms with van der Waals surface area (Å²) in [6, 6.07) is 2.38. The van der Waals surface area contributed by atoms with E-state index < -0.39 is 0 Å². The lowest BCUT2D eigenvalue weighted by Crippen LogP contribution is -2.03. The Hall–Kier alpha value is -0.540. The van der Waals surface area contributed by atoms with Crippen LogP contribution >= 0.6 is 23.8 Å². The number of hydrogen-bond acceptors (Lipinski definition) is 2. The number of H-pyrrole nitrogens is 1. The molecule has 0 aromatic carbocycles. The number of nitrogens with one attached hydrogen (secondary N) is 2. The van der Waals surface area contributed by atoms with E-state index in [4.69, 9.17) is 23.8 Å². The van der Waals surface area contributed by atoms with Crippen LogP contribution in [0.3, 0.4) is 0 Å². The van der Waals surface area contributed by atoms with Crippen molar-refractivity contribution >= 4 is 29.6 Å².